The highest BCUT2D eigenvalue weighted by Gasteiger charge is 2.30. The minimum atomic E-state index is -4.52. The van der Waals surface area contributed by atoms with Gasteiger partial charge in [-0.15, -0.1) is 0 Å². The molecule has 0 aliphatic rings. The fraction of sp³-hybridized carbons (Fsp3) is 0.263. The Morgan fingerprint density at radius 3 is 2.26 bits per heavy atom. The first-order valence-electron chi connectivity index (χ1n) is 7.98. The van der Waals surface area contributed by atoms with Crippen LogP contribution in [0.5, 0.6) is 5.75 Å². The van der Waals surface area contributed by atoms with Crippen molar-refractivity contribution in [1.82, 2.24) is 0 Å². The number of aryl methyl sites for hydroxylation is 2. The summed E-state index contributed by atoms with van der Waals surface area (Å²) < 4.78 is 48.1. The van der Waals surface area contributed by atoms with Gasteiger partial charge < -0.3 is 14.8 Å². The molecular formula is C19H18F3NO4. The molecular weight excluding hydrogens is 363 g/mol. The van der Waals surface area contributed by atoms with Gasteiger partial charge >= 0.3 is 12.1 Å². The van der Waals surface area contributed by atoms with Gasteiger partial charge in [-0.1, -0.05) is 24.3 Å². The fourth-order valence-corrected chi connectivity index (χ4v) is 2.32. The van der Waals surface area contributed by atoms with E-state index in [4.69, 9.17) is 9.47 Å². The number of halogens is 3. The molecule has 0 fully saturated rings. The zero-order chi connectivity index (χ0) is 20.0. The van der Waals surface area contributed by atoms with E-state index in [9.17, 15) is 22.8 Å². The average molecular weight is 381 g/mol. The molecule has 5 nitrogen and oxygen atoms in total. The molecule has 0 unspecified atom stereocenters. The van der Waals surface area contributed by atoms with Gasteiger partial charge in [0.2, 0.25) is 0 Å². The first-order chi connectivity index (χ1) is 12.7. The first kappa shape index (κ1) is 20.3. The molecule has 0 radical (unpaired) electrons. The lowest BCUT2D eigenvalue weighted by Crippen LogP contribution is -2.24. The Morgan fingerprint density at radius 2 is 1.63 bits per heavy atom. The summed E-state index contributed by atoms with van der Waals surface area (Å²) in [7, 11) is 0. The summed E-state index contributed by atoms with van der Waals surface area (Å²) in [5.74, 6) is -0.963. The van der Waals surface area contributed by atoms with Crippen LogP contribution in [0.1, 0.15) is 16.7 Å². The molecule has 8 heteroatoms. The molecule has 2 aromatic rings. The van der Waals surface area contributed by atoms with Gasteiger partial charge in [-0.05, 0) is 43.2 Å². The number of ether oxygens (including phenoxy) is 2. The summed E-state index contributed by atoms with van der Waals surface area (Å²) in [5.41, 5.74) is 0.770. The van der Waals surface area contributed by atoms with Gasteiger partial charge in [0.1, 0.15) is 5.75 Å². The third-order valence-corrected chi connectivity index (χ3v) is 3.58. The number of benzene rings is 2. The quantitative estimate of drug-likeness (QED) is 0.772. The predicted molar refractivity (Wildman–Crippen MR) is 92.4 cm³/mol. The van der Waals surface area contributed by atoms with Crippen LogP contribution in [0.2, 0.25) is 0 Å². The van der Waals surface area contributed by atoms with E-state index in [0.717, 1.165) is 23.3 Å². The minimum Gasteiger partial charge on any atom is -0.481 e. The van der Waals surface area contributed by atoms with Gasteiger partial charge in [0.15, 0.2) is 13.2 Å². The van der Waals surface area contributed by atoms with Crippen molar-refractivity contribution in [2.45, 2.75) is 20.0 Å². The average Bonchev–Trinajstić information content (AvgIpc) is 2.59. The summed E-state index contributed by atoms with van der Waals surface area (Å²) in [6.07, 6.45) is -4.52. The van der Waals surface area contributed by atoms with Gasteiger partial charge in [-0.2, -0.15) is 13.2 Å². The number of esters is 1. The van der Waals surface area contributed by atoms with Crippen LogP contribution in [0.15, 0.2) is 42.5 Å². The van der Waals surface area contributed by atoms with Crippen molar-refractivity contribution >= 4 is 17.6 Å². The molecule has 2 aromatic carbocycles. The highest BCUT2D eigenvalue weighted by atomic mass is 19.4. The second-order valence-electron chi connectivity index (χ2n) is 5.80. The molecule has 0 bridgehead atoms. The molecule has 0 spiro atoms. The maximum atomic E-state index is 12.6. The van der Waals surface area contributed by atoms with Crippen molar-refractivity contribution < 1.29 is 32.2 Å². The standard InChI is InChI=1S/C19H18F3NO4/c1-12-5-3-6-13(2)18(12)27-11-17(25)26-10-16(24)23-15-8-4-7-14(9-15)19(20,21)22/h3-9H,10-11H2,1-2H3,(H,23,24). The van der Waals surface area contributed by atoms with Gasteiger partial charge in [0.25, 0.3) is 5.91 Å². The van der Waals surface area contributed by atoms with Crippen LogP contribution in [-0.4, -0.2) is 25.1 Å². The Labute approximate surface area is 154 Å². The molecule has 1 N–H and O–H groups in total. The lowest BCUT2D eigenvalue weighted by atomic mass is 10.1. The Kier molecular flexibility index (Phi) is 6.44. The second kappa shape index (κ2) is 8.57. The number of rotatable bonds is 6. The van der Waals surface area contributed by atoms with Crippen molar-refractivity contribution in [3.05, 3.63) is 59.2 Å². The van der Waals surface area contributed by atoms with Crippen LogP contribution in [-0.2, 0) is 20.5 Å². The van der Waals surface area contributed by atoms with E-state index in [1.165, 1.54) is 12.1 Å². The number of hydrogen-bond acceptors (Lipinski definition) is 4. The Balaban J connectivity index is 1.82. The Hall–Kier alpha value is -3.03. The van der Waals surface area contributed by atoms with E-state index in [1.54, 1.807) is 0 Å². The lowest BCUT2D eigenvalue weighted by Gasteiger charge is -2.12. The zero-order valence-electron chi connectivity index (χ0n) is 14.7. The van der Waals surface area contributed by atoms with E-state index in [-0.39, 0.29) is 12.3 Å². The normalized spacial score (nSPS) is 11.0. The molecule has 0 aliphatic heterocycles. The monoisotopic (exact) mass is 381 g/mol. The fourth-order valence-electron chi connectivity index (χ4n) is 2.32. The van der Waals surface area contributed by atoms with E-state index in [1.807, 2.05) is 32.0 Å². The van der Waals surface area contributed by atoms with Crippen molar-refractivity contribution in [2.75, 3.05) is 18.5 Å². The smallest absolute Gasteiger partial charge is 0.416 e. The Bertz CT molecular complexity index is 814. The highest BCUT2D eigenvalue weighted by molar-refractivity contribution is 5.92. The molecule has 27 heavy (non-hydrogen) atoms. The maximum Gasteiger partial charge on any atom is 0.416 e. The van der Waals surface area contributed by atoms with Crippen LogP contribution < -0.4 is 10.1 Å². The third kappa shape index (κ3) is 6.02. The summed E-state index contributed by atoms with van der Waals surface area (Å²) in [6.45, 7) is 2.64. The summed E-state index contributed by atoms with van der Waals surface area (Å²) in [6, 6.07) is 9.67. The number of carbonyl (C=O) groups excluding carboxylic acids is 2. The molecule has 144 valence electrons. The van der Waals surface area contributed by atoms with Gasteiger partial charge in [-0.25, -0.2) is 4.79 Å². The minimum absolute atomic E-state index is 0.0438. The van der Waals surface area contributed by atoms with E-state index < -0.39 is 30.2 Å². The zero-order valence-corrected chi connectivity index (χ0v) is 14.7. The number of amides is 1. The molecule has 0 aliphatic carbocycles. The number of para-hydroxylation sites is 1. The van der Waals surface area contributed by atoms with Crippen LogP contribution in [0.4, 0.5) is 18.9 Å². The van der Waals surface area contributed by atoms with E-state index in [0.29, 0.717) is 5.75 Å². The topological polar surface area (TPSA) is 64.6 Å². The van der Waals surface area contributed by atoms with Crippen LogP contribution >= 0.6 is 0 Å². The van der Waals surface area contributed by atoms with Crippen LogP contribution in [0, 0.1) is 13.8 Å². The maximum absolute atomic E-state index is 12.6. The highest BCUT2D eigenvalue weighted by Crippen LogP contribution is 2.30. The van der Waals surface area contributed by atoms with Crippen LogP contribution in [0.25, 0.3) is 0 Å². The summed E-state index contributed by atoms with van der Waals surface area (Å²) in [5, 5.41) is 2.24. The van der Waals surface area contributed by atoms with Gasteiger partial charge in [-0.3, -0.25) is 4.79 Å². The van der Waals surface area contributed by atoms with E-state index >= 15 is 0 Å². The predicted octanol–water partition coefficient (Wildman–Crippen LogP) is 3.88. The van der Waals surface area contributed by atoms with E-state index in [2.05, 4.69) is 5.32 Å². The largest absolute Gasteiger partial charge is 0.481 e. The van der Waals surface area contributed by atoms with Gasteiger partial charge in [0, 0.05) is 5.69 Å². The van der Waals surface area contributed by atoms with Crippen LogP contribution in [0.3, 0.4) is 0 Å². The second-order valence-corrected chi connectivity index (χ2v) is 5.80. The molecule has 2 rings (SSSR count). The number of alkyl halides is 3. The third-order valence-electron chi connectivity index (χ3n) is 3.58. The summed E-state index contributed by atoms with van der Waals surface area (Å²) >= 11 is 0. The molecule has 0 saturated heterocycles. The van der Waals surface area contributed by atoms with Crippen molar-refractivity contribution in [3.8, 4) is 5.75 Å². The number of hydrogen-bond donors (Lipinski definition) is 1. The molecule has 0 saturated carbocycles. The number of anilines is 1. The first-order valence-corrected chi connectivity index (χ1v) is 7.98. The molecule has 1 amide bonds. The van der Waals surface area contributed by atoms with Crippen molar-refractivity contribution in [1.29, 1.82) is 0 Å². The molecule has 0 atom stereocenters. The molecule has 0 heterocycles. The van der Waals surface area contributed by atoms with Gasteiger partial charge in [0.05, 0.1) is 5.56 Å². The molecule has 0 aromatic heterocycles. The summed E-state index contributed by atoms with van der Waals surface area (Å²) in [4.78, 5) is 23.5. The number of nitrogens with one attached hydrogen (secondary N) is 1. The lowest BCUT2D eigenvalue weighted by molar-refractivity contribution is -0.149. The number of carbonyl (C=O) groups is 2. The van der Waals surface area contributed by atoms with Crippen molar-refractivity contribution in [3.63, 3.8) is 0 Å². The van der Waals surface area contributed by atoms with Crippen molar-refractivity contribution in [2.24, 2.45) is 0 Å². The SMILES string of the molecule is Cc1cccc(C)c1OCC(=O)OCC(=O)Nc1cccc(C(F)(F)F)c1. The Morgan fingerprint density at radius 1 is 1.00 bits per heavy atom.